The van der Waals surface area contributed by atoms with Crippen LogP contribution in [0.5, 0.6) is 11.5 Å². The van der Waals surface area contributed by atoms with Crippen molar-refractivity contribution in [2.45, 2.75) is 25.4 Å². The van der Waals surface area contributed by atoms with E-state index in [4.69, 9.17) is 9.47 Å². The average Bonchev–Trinajstić information content (AvgIpc) is 2.87. The van der Waals surface area contributed by atoms with Crippen molar-refractivity contribution in [2.75, 3.05) is 19.1 Å². The first kappa shape index (κ1) is 22.4. The highest BCUT2D eigenvalue weighted by Crippen LogP contribution is 2.43. The Morgan fingerprint density at radius 3 is 2.33 bits per heavy atom. The van der Waals surface area contributed by atoms with E-state index in [1.807, 2.05) is 78.9 Å². The molecule has 6 nitrogen and oxygen atoms in total. The molecule has 1 saturated heterocycles. The third kappa shape index (κ3) is 4.85. The normalized spacial score (nSPS) is 18.0. The Morgan fingerprint density at radius 2 is 1.64 bits per heavy atom. The quantitative estimate of drug-likeness (QED) is 0.583. The van der Waals surface area contributed by atoms with E-state index >= 15 is 0 Å². The average molecular weight is 445 g/mol. The zero-order chi connectivity index (χ0) is 23.2. The highest BCUT2D eigenvalue weighted by molar-refractivity contribution is 5.97. The first-order chi connectivity index (χ1) is 16.1. The van der Waals surface area contributed by atoms with Crippen LogP contribution in [-0.4, -0.2) is 26.0 Å². The Bertz CT molecular complexity index is 1100. The lowest BCUT2D eigenvalue weighted by Gasteiger charge is -2.41. The minimum atomic E-state index is -0.494. The van der Waals surface area contributed by atoms with Crippen LogP contribution in [0, 0.1) is 5.92 Å². The fourth-order valence-electron chi connectivity index (χ4n) is 4.40. The van der Waals surface area contributed by atoms with Gasteiger partial charge in [-0.2, -0.15) is 0 Å². The SMILES string of the molecule is COc1ccc(N2C(=O)CC[C@H](C(=O)NCc3ccccc3)[C@H]2c2ccccc2OC)cc1. The fraction of sp³-hybridized carbons (Fsp3) is 0.259. The van der Waals surface area contributed by atoms with Crippen molar-refractivity contribution in [2.24, 2.45) is 5.92 Å². The van der Waals surface area contributed by atoms with Crippen molar-refractivity contribution in [1.29, 1.82) is 0 Å². The molecule has 170 valence electrons. The molecule has 3 aromatic rings. The molecule has 0 radical (unpaired) electrons. The van der Waals surface area contributed by atoms with Gasteiger partial charge in [-0.3, -0.25) is 9.59 Å². The molecule has 1 fully saturated rings. The van der Waals surface area contributed by atoms with Crippen LogP contribution >= 0.6 is 0 Å². The molecule has 0 aliphatic carbocycles. The molecule has 0 unspecified atom stereocenters. The van der Waals surface area contributed by atoms with Gasteiger partial charge in [0.05, 0.1) is 26.2 Å². The number of nitrogens with one attached hydrogen (secondary N) is 1. The summed E-state index contributed by atoms with van der Waals surface area (Å²) in [6, 6.07) is 24.2. The molecule has 2 atom stereocenters. The van der Waals surface area contributed by atoms with Crippen molar-refractivity contribution in [3.63, 3.8) is 0 Å². The topological polar surface area (TPSA) is 67.9 Å². The first-order valence-electron chi connectivity index (χ1n) is 11.0. The minimum Gasteiger partial charge on any atom is -0.497 e. The van der Waals surface area contributed by atoms with Crippen LogP contribution in [0.4, 0.5) is 5.69 Å². The van der Waals surface area contributed by atoms with Crippen molar-refractivity contribution in [1.82, 2.24) is 5.32 Å². The van der Waals surface area contributed by atoms with Gasteiger partial charge in [-0.1, -0.05) is 48.5 Å². The second-order valence-electron chi connectivity index (χ2n) is 8.00. The number of amides is 2. The lowest BCUT2D eigenvalue weighted by atomic mass is 9.82. The molecule has 3 aromatic carbocycles. The number of piperidine rings is 1. The molecule has 2 amide bonds. The summed E-state index contributed by atoms with van der Waals surface area (Å²) in [5, 5.41) is 3.07. The number of nitrogens with zero attached hydrogens (tertiary/aromatic N) is 1. The number of benzene rings is 3. The molecule has 1 N–H and O–H groups in total. The molecule has 0 saturated carbocycles. The summed E-state index contributed by atoms with van der Waals surface area (Å²) in [7, 11) is 3.21. The predicted molar refractivity (Wildman–Crippen MR) is 127 cm³/mol. The molecule has 4 rings (SSSR count). The van der Waals surface area contributed by atoms with Gasteiger partial charge in [-0.05, 0) is 42.3 Å². The summed E-state index contributed by atoms with van der Waals surface area (Å²) >= 11 is 0. The van der Waals surface area contributed by atoms with Gasteiger partial charge in [-0.15, -0.1) is 0 Å². The second-order valence-corrected chi connectivity index (χ2v) is 8.00. The smallest absolute Gasteiger partial charge is 0.227 e. The van der Waals surface area contributed by atoms with E-state index in [1.165, 1.54) is 0 Å². The summed E-state index contributed by atoms with van der Waals surface area (Å²) in [6.07, 6.45) is 0.760. The second kappa shape index (κ2) is 10.2. The molecule has 6 heteroatoms. The van der Waals surface area contributed by atoms with Crippen LogP contribution < -0.4 is 19.7 Å². The lowest BCUT2D eigenvalue weighted by Crippen LogP contribution is -2.48. The van der Waals surface area contributed by atoms with Gasteiger partial charge in [0.15, 0.2) is 0 Å². The molecule has 0 spiro atoms. The van der Waals surface area contributed by atoms with Gasteiger partial charge in [0.1, 0.15) is 11.5 Å². The number of hydrogen-bond donors (Lipinski definition) is 1. The Labute approximate surface area is 194 Å². The van der Waals surface area contributed by atoms with Crippen LogP contribution in [-0.2, 0) is 16.1 Å². The van der Waals surface area contributed by atoms with Crippen LogP contribution in [0.2, 0.25) is 0 Å². The Balaban J connectivity index is 1.71. The number of carbonyl (C=O) groups is 2. The highest BCUT2D eigenvalue weighted by atomic mass is 16.5. The fourth-order valence-corrected chi connectivity index (χ4v) is 4.40. The third-order valence-corrected chi connectivity index (χ3v) is 6.05. The molecule has 33 heavy (non-hydrogen) atoms. The minimum absolute atomic E-state index is 0.0248. The van der Waals surface area contributed by atoms with Crippen LogP contribution in [0.15, 0.2) is 78.9 Å². The standard InChI is InChI=1S/C27H28N2O4/c1-32-21-14-12-20(13-15-21)29-25(30)17-16-23(26(29)22-10-6-7-11-24(22)33-2)27(31)28-18-19-8-4-3-5-9-19/h3-15,23,26H,16-18H2,1-2H3,(H,28,31)/t23-,26+/m0/s1. The van der Waals surface area contributed by atoms with Gasteiger partial charge in [-0.25, -0.2) is 0 Å². The van der Waals surface area contributed by atoms with Gasteiger partial charge < -0.3 is 19.7 Å². The van der Waals surface area contributed by atoms with E-state index in [-0.39, 0.29) is 11.8 Å². The molecule has 1 aliphatic heterocycles. The maximum absolute atomic E-state index is 13.4. The number of anilines is 1. The highest BCUT2D eigenvalue weighted by Gasteiger charge is 2.42. The molecule has 1 aliphatic rings. The summed E-state index contributed by atoms with van der Waals surface area (Å²) < 4.78 is 10.9. The summed E-state index contributed by atoms with van der Waals surface area (Å²) in [4.78, 5) is 28.4. The van der Waals surface area contributed by atoms with Gasteiger partial charge >= 0.3 is 0 Å². The first-order valence-corrected chi connectivity index (χ1v) is 11.0. The van der Waals surface area contributed by atoms with Crippen LogP contribution in [0.25, 0.3) is 0 Å². The maximum atomic E-state index is 13.4. The number of methoxy groups -OCH3 is 2. The van der Waals surface area contributed by atoms with Gasteiger partial charge in [0.2, 0.25) is 11.8 Å². The van der Waals surface area contributed by atoms with E-state index in [2.05, 4.69) is 5.32 Å². The number of hydrogen-bond acceptors (Lipinski definition) is 4. The zero-order valence-electron chi connectivity index (χ0n) is 18.9. The Hall–Kier alpha value is -3.80. The van der Waals surface area contributed by atoms with E-state index in [0.717, 1.165) is 16.8 Å². The van der Waals surface area contributed by atoms with Gasteiger partial charge in [0, 0.05) is 24.2 Å². The van der Waals surface area contributed by atoms with Gasteiger partial charge in [0.25, 0.3) is 0 Å². The zero-order valence-corrected chi connectivity index (χ0v) is 18.9. The Kier molecular flexibility index (Phi) is 6.93. The van der Waals surface area contributed by atoms with Crippen LogP contribution in [0.1, 0.15) is 30.0 Å². The van der Waals surface area contributed by atoms with Crippen LogP contribution in [0.3, 0.4) is 0 Å². The molecular weight excluding hydrogens is 416 g/mol. The van der Waals surface area contributed by atoms with E-state index in [1.54, 1.807) is 19.1 Å². The molecular formula is C27H28N2O4. The summed E-state index contributed by atoms with van der Waals surface area (Å²) in [5.74, 6) is 0.819. The van der Waals surface area contributed by atoms with E-state index in [0.29, 0.717) is 30.9 Å². The van der Waals surface area contributed by atoms with E-state index < -0.39 is 12.0 Å². The van der Waals surface area contributed by atoms with Crippen molar-refractivity contribution in [3.05, 3.63) is 90.0 Å². The maximum Gasteiger partial charge on any atom is 0.227 e. The molecule has 0 bridgehead atoms. The number of carbonyl (C=O) groups excluding carboxylic acids is 2. The molecule has 1 heterocycles. The number of para-hydroxylation sites is 1. The summed E-state index contributed by atoms with van der Waals surface area (Å²) in [6.45, 7) is 0.436. The predicted octanol–water partition coefficient (Wildman–Crippen LogP) is 4.50. The largest absolute Gasteiger partial charge is 0.497 e. The Morgan fingerprint density at radius 1 is 0.939 bits per heavy atom. The lowest BCUT2D eigenvalue weighted by molar-refractivity contribution is -0.129. The third-order valence-electron chi connectivity index (χ3n) is 6.05. The monoisotopic (exact) mass is 444 g/mol. The molecule has 0 aromatic heterocycles. The van der Waals surface area contributed by atoms with Crippen molar-refractivity contribution < 1.29 is 19.1 Å². The summed E-state index contributed by atoms with van der Waals surface area (Å²) in [5.41, 5.74) is 2.56. The number of rotatable bonds is 7. The number of ether oxygens (including phenoxy) is 2. The van der Waals surface area contributed by atoms with Crippen molar-refractivity contribution >= 4 is 17.5 Å². The van der Waals surface area contributed by atoms with Crippen molar-refractivity contribution in [3.8, 4) is 11.5 Å². The van der Waals surface area contributed by atoms with E-state index in [9.17, 15) is 9.59 Å².